The Morgan fingerprint density at radius 2 is 2.42 bits per heavy atom. The van der Waals surface area contributed by atoms with E-state index in [-0.39, 0.29) is 11.7 Å². The number of carbonyl (C=O) groups excluding carboxylic acids is 1. The van der Waals surface area contributed by atoms with Gasteiger partial charge in [-0.25, -0.2) is 4.98 Å². The molecular weight excluding hydrogens is 244 g/mol. The normalized spacial score (nSPS) is 14.6. The molecule has 0 spiro atoms. The highest BCUT2D eigenvalue weighted by molar-refractivity contribution is 5.90. The lowest BCUT2D eigenvalue weighted by molar-refractivity contribution is 0.0705. The fourth-order valence-corrected chi connectivity index (χ4v) is 2.00. The van der Waals surface area contributed by atoms with Gasteiger partial charge in [0.1, 0.15) is 11.6 Å². The molecule has 0 unspecified atom stereocenters. The zero-order valence-corrected chi connectivity index (χ0v) is 10.8. The average Bonchev–Trinajstić information content (AvgIpc) is 2.95. The summed E-state index contributed by atoms with van der Waals surface area (Å²) in [4.78, 5) is 18.4. The molecule has 0 radical (unpaired) electrons. The number of furan rings is 1. The van der Waals surface area contributed by atoms with Gasteiger partial charge in [0.25, 0.3) is 5.91 Å². The summed E-state index contributed by atoms with van der Waals surface area (Å²) >= 11 is 0. The van der Waals surface area contributed by atoms with E-state index in [1.54, 1.807) is 11.2 Å². The Morgan fingerprint density at radius 3 is 3.00 bits per heavy atom. The van der Waals surface area contributed by atoms with Crippen LogP contribution in [0.1, 0.15) is 42.0 Å². The molecule has 1 N–H and O–H groups in total. The Balaban J connectivity index is 1.77. The van der Waals surface area contributed by atoms with Crippen LogP contribution >= 0.6 is 0 Å². The molecular formula is C13H16N4O2. The summed E-state index contributed by atoms with van der Waals surface area (Å²) in [5, 5.41) is 6.77. The lowest BCUT2D eigenvalue weighted by atomic mass is 10.3. The van der Waals surface area contributed by atoms with Gasteiger partial charge in [-0.2, -0.15) is 0 Å². The molecule has 1 amide bonds. The molecule has 1 fully saturated rings. The number of nitrogens with one attached hydrogen (secondary N) is 1. The van der Waals surface area contributed by atoms with Crippen molar-refractivity contribution in [2.24, 2.45) is 0 Å². The van der Waals surface area contributed by atoms with Crippen molar-refractivity contribution in [3.63, 3.8) is 0 Å². The van der Waals surface area contributed by atoms with Crippen LogP contribution in [0.15, 0.2) is 22.8 Å². The molecule has 1 aliphatic rings. The number of H-pyrrole nitrogens is 1. The van der Waals surface area contributed by atoms with Crippen molar-refractivity contribution >= 4 is 5.91 Å². The average molecular weight is 260 g/mol. The molecule has 6 heteroatoms. The fourth-order valence-electron chi connectivity index (χ4n) is 2.00. The zero-order chi connectivity index (χ0) is 13.2. The van der Waals surface area contributed by atoms with Gasteiger partial charge in [0.05, 0.1) is 12.8 Å². The van der Waals surface area contributed by atoms with Gasteiger partial charge in [-0.3, -0.25) is 9.89 Å². The van der Waals surface area contributed by atoms with E-state index in [0.29, 0.717) is 12.6 Å². The first kappa shape index (κ1) is 12.0. The lowest BCUT2D eigenvalue weighted by Gasteiger charge is -2.19. The topological polar surface area (TPSA) is 75.0 Å². The number of hydrogen-bond acceptors (Lipinski definition) is 4. The summed E-state index contributed by atoms with van der Waals surface area (Å²) in [6.07, 6.45) is 4.43. The van der Waals surface area contributed by atoms with E-state index in [4.69, 9.17) is 4.42 Å². The van der Waals surface area contributed by atoms with E-state index >= 15 is 0 Å². The zero-order valence-electron chi connectivity index (χ0n) is 10.8. The van der Waals surface area contributed by atoms with Crippen LogP contribution in [0.4, 0.5) is 0 Å². The molecule has 100 valence electrons. The number of aromatic amines is 1. The first-order valence-electron chi connectivity index (χ1n) is 6.52. The molecule has 1 saturated carbocycles. The van der Waals surface area contributed by atoms with E-state index in [0.717, 1.165) is 30.8 Å². The molecule has 0 aliphatic heterocycles. The smallest absolute Gasteiger partial charge is 0.294 e. The summed E-state index contributed by atoms with van der Waals surface area (Å²) < 4.78 is 5.31. The highest BCUT2D eigenvalue weighted by atomic mass is 16.3. The number of nitrogens with zero attached hydrogens (tertiary/aromatic N) is 3. The maximum atomic E-state index is 12.4. The number of rotatable bonds is 5. The van der Waals surface area contributed by atoms with Crippen LogP contribution in [-0.2, 0) is 13.0 Å². The number of carbonyl (C=O) groups is 1. The van der Waals surface area contributed by atoms with E-state index in [2.05, 4.69) is 15.2 Å². The van der Waals surface area contributed by atoms with E-state index < -0.39 is 0 Å². The van der Waals surface area contributed by atoms with Gasteiger partial charge < -0.3 is 9.32 Å². The molecule has 0 atom stereocenters. The Bertz CT molecular complexity index is 557. The number of amides is 1. The van der Waals surface area contributed by atoms with Crippen molar-refractivity contribution in [3.8, 4) is 0 Å². The minimum atomic E-state index is -0.130. The number of aryl methyl sites for hydroxylation is 1. The highest BCUT2D eigenvalue weighted by Crippen LogP contribution is 2.29. The van der Waals surface area contributed by atoms with Crippen molar-refractivity contribution in [1.29, 1.82) is 0 Å². The quantitative estimate of drug-likeness (QED) is 0.889. The highest BCUT2D eigenvalue weighted by Gasteiger charge is 2.35. The largest absolute Gasteiger partial charge is 0.467 e. The third-order valence-corrected chi connectivity index (χ3v) is 3.21. The van der Waals surface area contributed by atoms with Crippen molar-refractivity contribution in [3.05, 3.63) is 35.8 Å². The van der Waals surface area contributed by atoms with Crippen molar-refractivity contribution in [2.75, 3.05) is 0 Å². The minimum absolute atomic E-state index is 0.130. The second-order valence-electron chi connectivity index (χ2n) is 4.70. The van der Waals surface area contributed by atoms with Crippen LogP contribution in [-0.4, -0.2) is 32.0 Å². The third-order valence-electron chi connectivity index (χ3n) is 3.21. The van der Waals surface area contributed by atoms with Gasteiger partial charge in [-0.15, -0.1) is 5.10 Å². The molecule has 0 aromatic carbocycles. The van der Waals surface area contributed by atoms with E-state index in [9.17, 15) is 4.79 Å². The SMILES string of the molecule is CCc1nc(C(=O)N(Cc2ccco2)C2CC2)n[nH]1. The Hall–Kier alpha value is -2.11. The molecule has 2 aromatic heterocycles. The summed E-state index contributed by atoms with van der Waals surface area (Å²) in [6.45, 7) is 2.45. The Kier molecular flexibility index (Phi) is 3.06. The Morgan fingerprint density at radius 1 is 1.58 bits per heavy atom. The van der Waals surface area contributed by atoms with Gasteiger partial charge >= 0.3 is 0 Å². The maximum absolute atomic E-state index is 12.4. The monoisotopic (exact) mass is 260 g/mol. The third kappa shape index (κ3) is 2.52. The standard InChI is InChI=1S/C13H16N4O2/c1-2-11-14-12(16-15-11)13(18)17(9-5-6-9)8-10-4-3-7-19-10/h3-4,7,9H,2,5-6,8H2,1H3,(H,14,15,16). The van der Waals surface area contributed by atoms with E-state index in [1.807, 2.05) is 19.1 Å². The second-order valence-corrected chi connectivity index (χ2v) is 4.70. The predicted molar refractivity (Wildman–Crippen MR) is 67.4 cm³/mol. The predicted octanol–water partition coefficient (Wildman–Crippen LogP) is 1.76. The van der Waals surface area contributed by atoms with Crippen LogP contribution < -0.4 is 0 Å². The van der Waals surface area contributed by atoms with Gasteiger partial charge in [-0.1, -0.05) is 6.92 Å². The molecule has 6 nitrogen and oxygen atoms in total. The molecule has 19 heavy (non-hydrogen) atoms. The molecule has 0 saturated heterocycles. The van der Waals surface area contributed by atoms with Crippen LogP contribution in [0.25, 0.3) is 0 Å². The lowest BCUT2D eigenvalue weighted by Crippen LogP contribution is -2.33. The van der Waals surface area contributed by atoms with Crippen molar-refractivity contribution in [2.45, 2.75) is 38.8 Å². The van der Waals surface area contributed by atoms with Gasteiger partial charge in [-0.05, 0) is 25.0 Å². The number of hydrogen-bond donors (Lipinski definition) is 1. The van der Waals surface area contributed by atoms with Crippen LogP contribution in [0.5, 0.6) is 0 Å². The van der Waals surface area contributed by atoms with Crippen LogP contribution in [0.3, 0.4) is 0 Å². The summed E-state index contributed by atoms with van der Waals surface area (Å²) in [6, 6.07) is 3.99. The first-order chi connectivity index (χ1) is 9.28. The van der Waals surface area contributed by atoms with E-state index in [1.165, 1.54) is 0 Å². The summed E-state index contributed by atoms with van der Waals surface area (Å²) in [5.41, 5.74) is 0. The Labute approximate surface area is 110 Å². The summed E-state index contributed by atoms with van der Waals surface area (Å²) in [5.74, 6) is 1.63. The van der Waals surface area contributed by atoms with Crippen LogP contribution in [0.2, 0.25) is 0 Å². The van der Waals surface area contributed by atoms with Crippen molar-refractivity contribution < 1.29 is 9.21 Å². The molecule has 0 bridgehead atoms. The van der Waals surface area contributed by atoms with Gasteiger partial charge in [0.2, 0.25) is 5.82 Å². The molecule has 2 aromatic rings. The first-order valence-corrected chi connectivity index (χ1v) is 6.52. The summed E-state index contributed by atoms with van der Waals surface area (Å²) in [7, 11) is 0. The van der Waals surface area contributed by atoms with Gasteiger partial charge in [0, 0.05) is 12.5 Å². The molecule has 2 heterocycles. The minimum Gasteiger partial charge on any atom is -0.467 e. The fraction of sp³-hybridized carbons (Fsp3) is 0.462. The van der Waals surface area contributed by atoms with Crippen molar-refractivity contribution in [1.82, 2.24) is 20.1 Å². The second kappa shape index (κ2) is 4.87. The molecule has 3 rings (SSSR count). The van der Waals surface area contributed by atoms with Gasteiger partial charge in [0.15, 0.2) is 0 Å². The molecule has 1 aliphatic carbocycles. The van der Waals surface area contributed by atoms with Crippen LogP contribution in [0, 0.1) is 0 Å². The maximum Gasteiger partial charge on any atom is 0.294 e. The number of aromatic nitrogens is 3.